The highest BCUT2D eigenvalue weighted by Crippen LogP contribution is 2.30. The second-order valence-electron chi connectivity index (χ2n) is 6.02. The zero-order valence-electron chi connectivity index (χ0n) is 12.9. The van der Waals surface area contributed by atoms with Gasteiger partial charge in [-0.05, 0) is 45.1 Å². The maximum atomic E-state index is 9.71. The minimum absolute atomic E-state index is 0.0810. The number of aliphatic hydroxyl groups excluding tert-OH is 1. The Kier molecular flexibility index (Phi) is 8.67. The van der Waals surface area contributed by atoms with E-state index in [1.54, 1.807) is 0 Å². The molecule has 0 saturated heterocycles. The molecule has 1 aliphatic carbocycles. The number of ether oxygens (including phenoxy) is 1. The Morgan fingerprint density at radius 2 is 2.05 bits per heavy atom. The van der Waals surface area contributed by atoms with Gasteiger partial charge in [0, 0.05) is 12.1 Å². The van der Waals surface area contributed by atoms with Gasteiger partial charge in [0.25, 0.3) is 0 Å². The molecule has 114 valence electrons. The zero-order valence-corrected chi connectivity index (χ0v) is 12.9. The van der Waals surface area contributed by atoms with Crippen LogP contribution in [0.4, 0.5) is 0 Å². The first-order valence-electron chi connectivity index (χ1n) is 8.24. The van der Waals surface area contributed by atoms with E-state index in [9.17, 15) is 5.11 Å². The number of rotatable bonds is 10. The minimum atomic E-state index is -0.0810. The van der Waals surface area contributed by atoms with Gasteiger partial charge in [0.15, 0.2) is 0 Å². The highest BCUT2D eigenvalue weighted by atomic mass is 16.5. The molecule has 1 fully saturated rings. The molecule has 0 aromatic heterocycles. The molecule has 0 aliphatic heterocycles. The van der Waals surface area contributed by atoms with Gasteiger partial charge in [-0.15, -0.1) is 0 Å². The summed E-state index contributed by atoms with van der Waals surface area (Å²) in [5.41, 5.74) is -0.0810. The first-order valence-corrected chi connectivity index (χ1v) is 8.24. The first-order chi connectivity index (χ1) is 9.26. The highest BCUT2D eigenvalue weighted by Gasteiger charge is 2.35. The van der Waals surface area contributed by atoms with Crippen LogP contribution in [0.15, 0.2) is 0 Å². The molecule has 2 atom stereocenters. The van der Waals surface area contributed by atoms with Crippen LogP contribution in [0.25, 0.3) is 0 Å². The van der Waals surface area contributed by atoms with E-state index >= 15 is 0 Å². The molecule has 0 bridgehead atoms. The van der Waals surface area contributed by atoms with E-state index in [-0.39, 0.29) is 12.1 Å². The summed E-state index contributed by atoms with van der Waals surface area (Å²) in [4.78, 5) is 0. The van der Waals surface area contributed by atoms with Crippen molar-refractivity contribution < 1.29 is 9.84 Å². The lowest BCUT2D eigenvalue weighted by Gasteiger charge is -2.40. The average Bonchev–Trinajstić information content (AvgIpc) is 2.45. The molecule has 0 heterocycles. The molecular formula is C16H33NO2. The smallest absolute Gasteiger partial charge is 0.0614 e. The monoisotopic (exact) mass is 271 g/mol. The van der Waals surface area contributed by atoms with Crippen molar-refractivity contribution in [2.24, 2.45) is 0 Å². The van der Waals surface area contributed by atoms with Gasteiger partial charge in [-0.3, -0.25) is 0 Å². The van der Waals surface area contributed by atoms with E-state index in [0.29, 0.717) is 6.10 Å². The number of nitrogens with one attached hydrogen (secondary N) is 1. The van der Waals surface area contributed by atoms with Gasteiger partial charge >= 0.3 is 0 Å². The second-order valence-corrected chi connectivity index (χ2v) is 6.02. The Morgan fingerprint density at radius 1 is 1.21 bits per heavy atom. The fourth-order valence-corrected chi connectivity index (χ4v) is 2.98. The first kappa shape index (κ1) is 16.9. The van der Waals surface area contributed by atoms with Crippen LogP contribution in [0.3, 0.4) is 0 Å². The van der Waals surface area contributed by atoms with Crippen molar-refractivity contribution in [3.63, 3.8) is 0 Å². The molecule has 3 heteroatoms. The fraction of sp³-hybridized carbons (Fsp3) is 1.00. The van der Waals surface area contributed by atoms with Crippen LogP contribution < -0.4 is 5.32 Å². The molecule has 19 heavy (non-hydrogen) atoms. The Labute approximate surface area is 119 Å². The SMILES string of the molecule is CCCCCCOC1CCCC(CO)(NCCC)C1. The Morgan fingerprint density at radius 3 is 2.74 bits per heavy atom. The molecular weight excluding hydrogens is 238 g/mol. The minimum Gasteiger partial charge on any atom is -0.394 e. The van der Waals surface area contributed by atoms with Crippen molar-refractivity contribution in [3.8, 4) is 0 Å². The fourth-order valence-electron chi connectivity index (χ4n) is 2.98. The van der Waals surface area contributed by atoms with Crippen molar-refractivity contribution in [1.82, 2.24) is 5.32 Å². The number of hydrogen-bond acceptors (Lipinski definition) is 3. The van der Waals surface area contributed by atoms with Crippen LogP contribution in [-0.2, 0) is 4.74 Å². The van der Waals surface area contributed by atoms with E-state index in [4.69, 9.17) is 4.74 Å². The van der Waals surface area contributed by atoms with Crippen molar-refractivity contribution >= 4 is 0 Å². The van der Waals surface area contributed by atoms with Crippen LogP contribution in [-0.4, -0.2) is 36.5 Å². The topological polar surface area (TPSA) is 41.5 Å². The normalized spacial score (nSPS) is 27.6. The van der Waals surface area contributed by atoms with Crippen LogP contribution in [0.2, 0.25) is 0 Å². The van der Waals surface area contributed by atoms with E-state index in [2.05, 4.69) is 19.2 Å². The molecule has 2 unspecified atom stereocenters. The number of unbranched alkanes of at least 4 members (excludes halogenated alkanes) is 3. The van der Waals surface area contributed by atoms with E-state index < -0.39 is 0 Å². The third kappa shape index (κ3) is 6.24. The molecule has 0 aromatic carbocycles. The number of aliphatic hydroxyl groups is 1. The maximum absolute atomic E-state index is 9.71. The quantitative estimate of drug-likeness (QED) is 0.599. The van der Waals surface area contributed by atoms with E-state index in [1.165, 1.54) is 25.7 Å². The van der Waals surface area contributed by atoms with E-state index in [0.717, 1.165) is 45.3 Å². The predicted octanol–water partition coefficient (Wildman–Crippen LogP) is 3.26. The lowest BCUT2D eigenvalue weighted by molar-refractivity contribution is -0.0169. The van der Waals surface area contributed by atoms with Gasteiger partial charge in [-0.2, -0.15) is 0 Å². The van der Waals surface area contributed by atoms with Crippen LogP contribution in [0.5, 0.6) is 0 Å². The summed E-state index contributed by atoms with van der Waals surface area (Å²) in [7, 11) is 0. The molecule has 3 nitrogen and oxygen atoms in total. The van der Waals surface area contributed by atoms with Gasteiger partial charge in [-0.25, -0.2) is 0 Å². The van der Waals surface area contributed by atoms with Gasteiger partial charge in [0.2, 0.25) is 0 Å². The largest absolute Gasteiger partial charge is 0.394 e. The molecule has 2 N–H and O–H groups in total. The van der Waals surface area contributed by atoms with Crippen molar-refractivity contribution in [3.05, 3.63) is 0 Å². The Bertz CT molecular complexity index is 223. The van der Waals surface area contributed by atoms with Gasteiger partial charge in [0.1, 0.15) is 0 Å². The summed E-state index contributed by atoms with van der Waals surface area (Å²) < 4.78 is 6.02. The highest BCUT2D eigenvalue weighted by molar-refractivity contribution is 4.93. The molecule has 0 spiro atoms. The average molecular weight is 271 g/mol. The predicted molar refractivity (Wildman–Crippen MR) is 80.5 cm³/mol. The lowest BCUT2D eigenvalue weighted by Crippen LogP contribution is -2.53. The molecule has 0 radical (unpaired) electrons. The molecule has 1 aliphatic rings. The summed E-state index contributed by atoms with van der Waals surface area (Å²) in [5.74, 6) is 0. The van der Waals surface area contributed by atoms with Crippen LogP contribution in [0, 0.1) is 0 Å². The van der Waals surface area contributed by atoms with Crippen LogP contribution in [0.1, 0.15) is 71.6 Å². The summed E-state index contributed by atoms with van der Waals surface area (Å²) >= 11 is 0. The molecule has 0 amide bonds. The maximum Gasteiger partial charge on any atom is 0.0614 e. The zero-order chi connectivity index (χ0) is 14.0. The van der Waals surface area contributed by atoms with Gasteiger partial charge < -0.3 is 15.2 Å². The summed E-state index contributed by atoms with van der Waals surface area (Å²) in [6.07, 6.45) is 10.9. The lowest BCUT2D eigenvalue weighted by atomic mass is 9.80. The third-order valence-corrected chi connectivity index (χ3v) is 4.20. The number of hydrogen-bond donors (Lipinski definition) is 2. The third-order valence-electron chi connectivity index (χ3n) is 4.20. The summed E-state index contributed by atoms with van der Waals surface area (Å²) in [6.45, 7) is 6.52. The summed E-state index contributed by atoms with van der Waals surface area (Å²) in [6, 6.07) is 0. The van der Waals surface area contributed by atoms with Crippen molar-refractivity contribution in [1.29, 1.82) is 0 Å². The van der Waals surface area contributed by atoms with Crippen molar-refractivity contribution in [2.45, 2.75) is 83.3 Å². The van der Waals surface area contributed by atoms with E-state index in [1.807, 2.05) is 0 Å². The molecule has 0 aromatic rings. The van der Waals surface area contributed by atoms with Gasteiger partial charge in [0.05, 0.1) is 12.7 Å². The molecule has 1 rings (SSSR count). The second kappa shape index (κ2) is 9.73. The van der Waals surface area contributed by atoms with Gasteiger partial charge in [-0.1, -0.05) is 33.1 Å². The summed E-state index contributed by atoms with van der Waals surface area (Å²) in [5, 5.41) is 13.3. The molecule has 1 saturated carbocycles. The standard InChI is InChI=1S/C16H33NO2/c1-3-5-6-7-12-19-15-9-8-10-16(13-15,14-18)17-11-4-2/h15,17-18H,3-14H2,1-2H3. The Balaban J connectivity index is 2.27. The van der Waals surface area contributed by atoms with Crippen LogP contribution >= 0.6 is 0 Å². The Hall–Kier alpha value is -0.120. The van der Waals surface area contributed by atoms with Crippen molar-refractivity contribution in [2.75, 3.05) is 19.8 Å².